The third-order valence-electron chi connectivity index (χ3n) is 3.06. The first-order valence-corrected chi connectivity index (χ1v) is 6.32. The highest BCUT2D eigenvalue weighted by Crippen LogP contribution is 2.09. The summed E-state index contributed by atoms with van der Waals surface area (Å²) < 4.78 is 5.09. The number of ether oxygens (including phenoxy) is 1. The molecule has 1 N–H and O–H groups in total. The van der Waals surface area contributed by atoms with Crippen LogP contribution in [0.15, 0.2) is 24.4 Å². The minimum absolute atomic E-state index is 0.0702. The molecule has 0 aromatic carbocycles. The minimum Gasteiger partial charge on any atom is -0.479 e. The van der Waals surface area contributed by atoms with Gasteiger partial charge in [0.1, 0.15) is 0 Å². The van der Waals surface area contributed by atoms with Crippen molar-refractivity contribution in [2.24, 2.45) is 0 Å². The zero-order valence-corrected chi connectivity index (χ0v) is 11.2. The van der Waals surface area contributed by atoms with Gasteiger partial charge in [-0.3, -0.25) is 4.98 Å². The molecule has 0 aliphatic carbocycles. The molecule has 1 unspecified atom stereocenters. The highest BCUT2D eigenvalue weighted by Gasteiger charge is 2.30. The largest absolute Gasteiger partial charge is 0.479 e. The monoisotopic (exact) mass is 279 g/mol. The maximum atomic E-state index is 12.2. The fraction of sp³-hybridized carbons (Fsp3) is 0.462. The maximum absolute atomic E-state index is 12.2. The van der Waals surface area contributed by atoms with E-state index in [1.807, 2.05) is 18.2 Å². The number of rotatable bonds is 3. The van der Waals surface area contributed by atoms with Gasteiger partial charge in [0.05, 0.1) is 25.4 Å². The molecule has 20 heavy (non-hydrogen) atoms. The predicted octanol–water partition coefficient (Wildman–Crippen LogP) is 0.419. The smallest absolute Gasteiger partial charge is 0.334 e. The van der Waals surface area contributed by atoms with Crippen LogP contribution in [0.1, 0.15) is 5.69 Å². The van der Waals surface area contributed by atoms with E-state index in [-0.39, 0.29) is 19.2 Å². The molecule has 1 saturated heterocycles. The fourth-order valence-corrected chi connectivity index (χ4v) is 2.02. The standard InChI is InChI=1S/C13H17N3O4/c1-15(8-10-4-2-3-5-14-10)13(19)16-6-7-20-11(9-16)12(17)18/h2-5,11H,6-9H2,1H3,(H,17,18). The lowest BCUT2D eigenvalue weighted by Gasteiger charge is -2.33. The molecule has 1 aromatic rings. The Morgan fingerprint density at radius 3 is 3.00 bits per heavy atom. The first-order valence-electron chi connectivity index (χ1n) is 6.32. The van der Waals surface area contributed by atoms with Crippen molar-refractivity contribution in [3.05, 3.63) is 30.1 Å². The number of amides is 2. The van der Waals surface area contributed by atoms with Crippen molar-refractivity contribution >= 4 is 12.0 Å². The highest BCUT2D eigenvalue weighted by molar-refractivity contribution is 5.77. The van der Waals surface area contributed by atoms with Crippen LogP contribution in [0.25, 0.3) is 0 Å². The Morgan fingerprint density at radius 1 is 1.55 bits per heavy atom. The first-order chi connectivity index (χ1) is 9.58. The molecule has 1 aromatic heterocycles. The average molecular weight is 279 g/mol. The third kappa shape index (κ3) is 3.45. The molecule has 1 aliphatic rings. The molecule has 0 saturated carbocycles. The molecular weight excluding hydrogens is 262 g/mol. The number of carboxylic acid groups (broad SMARTS) is 1. The van der Waals surface area contributed by atoms with Crippen molar-refractivity contribution in [3.63, 3.8) is 0 Å². The van der Waals surface area contributed by atoms with Crippen molar-refractivity contribution in [2.75, 3.05) is 26.7 Å². The number of morpholine rings is 1. The minimum atomic E-state index is -1.05. The molecule has 0 bridgehead atoms. The number of carbonyl (C=O) groups is 2. The van der Waals surface area contributed by atoms with Crippen LogP contribution >= 0.6 is 0 Å². The normalized spacial score (nSPS) is 18.6. The summed E-state index contributed by atoms with van der Waals surface area (Å²) in [6, 6.07) is 5.29. The summed E-state index contributed by atoms with van der Waals surface area (Å²) in [7, 11) is 1.67. The van der Waals surface area contributed by atoms with E-state index < -0.39 is 12.1 Å². The van der Waals surface area contributed by atoms with E-state index in [0.717, 1.165) is 5.69 Å². The quantitative estimate of drug-likeness (QED) is 0.867. The van der Waals surface area contributed by atoms with Crippen LogP contribution in [0.3, 0.4) is 0 Å². The van der Waals surface area contributed by atoms with Gasteiger partial charge < -0.3 is 19.6 Å². The molecule has 0 radical (unpaired) electrons. The molecule has 0 spiro atoms. The highest BCUT2D eigenvalue weighted by atomic mass is 16.5. The maximum Gasteiger partial charge on any atom is 0.334 e. The van der Waals surface area contributed by atoms with Crippen LogP contribution < -0.4 is 0 Å². The van der Waals surface area contributed by atoms with Gasteiger partial charge in [-0.2, -0.15) is 0 Å². The number of carboxylic acids is 1. The molecule has 1 atom stereocenters. The van der Waals surface area contributed by atoms with Crippen LogP contribution in [0.4, 0.5) is 4.79 Å². The van der Waals surface area contributed by atoms with E-state index in [4.69, 9.17) is 9.84 Å². The first kappa shape index (κ1) is 14.3. The van der Waals surface area contributed by atoms with Gasteiger partial charge in [0.2, 0.25) is 0 Å². The number of pyridine rings is 1. The zero-order chi connectivity index (χ0) is 14.5. The summed E-state index contributed by atoms with van der Waals surface area (Å²) in [4.78, 5) is 30.3. The van der Waals surface area contributed by atoms with Crippen molar-refractivity contribution < 1.29 is 19.4 Å². The van der Waals surface area contributed by atoms with Crippen LogP contribution in [-0.4, -0.2) is 64.7 Å². The second-order valence-electron chi connectivity index (χ2n) is 4.60. The van der Waals surface area contributed by atoms with E-state index in [2.05, 4.69) is 4.98 Å². The van der Waals surface area contributed by atoms with Crippen molar-refractivity contribution in [1.29, 1.82) is 0 Å². The van der Waals surface area contributed by atoms with Crippen molar-refractivity contribution in [3.8, 4) is 0 Å². The lowest BCUT2D eigenvalue weighted by atomic mass is 10.3. The van der Waals surface area contributed by atoms with Crippen LogP contribution in [0, 0.1) is 0 Å². The molecule has 108 valence electrons. The number of nitrogens with zero attached hydrogens (tertiary/aromatic N) is 3. The van der Waals surface area contributed by atoms with E-state index in [1.54, 1.807) is 13.2 Å². The van der Waals surface area contributed by atoms with Crippen LogP contribution in [0.5, 0.6) is 0 Å². The molecule has 2 rings (SSSR count). The van der Waals surface area contributed by atoms with E-state index in [0.29, 0.717) is 13.1 Å². The van der Waals surface area contributed by atoms with Gasteiger partial charge in [-0.05, 0) is 12.1 Å². The van der Waals surface area contributed by atoms with Gasteiger partial charge in [-0.25, -0.2) is 9.59 Å². The van der Waals surface area contributed by atoms with E-state index in [9.17, 15) is 9.59 Å². The SMILES string of the molecule is CN(Cc1ccccn1)C(=O)N1CCOC(C(=O)O)C1. The topological polar surface area (TPSA) is 83.0 Å². The lowest BCUT2D eigenvalue weighted by molar-refractivity contribution is -0.154. The van der Waals surface area contributed by atoms with Gasteiger partial charge in [-0.15, -0.1) is 0 Å². The Balaban J connectivity index is 1.94. The van der Waals surface area contributed by atoms with Crippen molar-refractivity contribution in [2.45, 2.75) is 12.6 Å². The molecule has 2 amide bonds. The number of hydrogen-bond acceptors (Lipinski definition) is 4. The number of urea groups is 1. The number of aromatic nitrogens is 1. The van der Waals surface area contributed by atoms with Crippen molar-refractivity contribution in [1.82, 2.24) is 14.8 Å². The van der Waals surface area contributed by atoms with Crippen LogP contribution in [0.2, 0.25) is 0 Å². The lowest BCUT2D eigenvalue weighted by Crippen LogP contribution is -2.51. The summed E-state index contributed by atoms with van der Waals surface area (Å²) in [5.74, 6) is -1.05. The molecule has 2 heterocycles. The van der Waals surface area contributed by atoms with E-state index >= 15 is 0 Å². The Kier molecular flexibility index (Phi) is 4.52. The Bertz CT molecular complexity index is 480. The van der Waals surface area contributed by atoms with Gasteiger partial charge in [-0.1, -0.05) is 6.07 Å². The Hall–Kier alpha value is -2.15. The second-order valence-corrected chi connectivity index (χ2v) is 4.60. The molecule has 1 aliphatic heterocycles. The van der Waals surface area contributed by atoms with Gasteiger partial charge >= 0.3 is 12.0 Å². The number of hydrogen-bond donors (Lipinski definition) is 1. The molecular formula is C13H17N3O4. The molecule has 1 fully saturated rings. The summed E-state index contributed by atoms with van der Waals surface area (Å²) in [5.41, 5.74) is 0.784. The second kappa shape index (κ2) is 6.33. The summed E-state index contributed by atoms with van der Waals surface area (Å²) >= 11 is 0. The molecule has 7 nitrogen and oxygen atoms in total. The zero-order valence-electron chi connectivity index (χ0n) is 11.2. The predicted molar refractivity (Wildman–Crippen MR) is 70.0 cm³/mol. The number of aliphatic carboxylic acids is 1. The summed E-state index contributed by atoms with van der Waals surface area (Å²) in [5, 5.41) is 8.93. The summed E-state index contributed by atoms with van der Waals surface area (Å²) in [6.07, 6.45) is 0.721. The third-order valence-corrected chi connectivity index (χ3v) is 3.06. The summed E-state index contributed by atoms with van der Waals surface area (Å²) in [6.45, 7) is 1.09. The van der Waals surface area contributed by atoms with Gasteiger partial charge in [0, 0.05) is 19.8 Å². The van der Waals surface area contributed by atoms with Crippen LogP contribution in [-0.2, 0) is 16.1 Å². The Labute approximate surface area is 116 Å². The number of carbonyl (C=O) groups excluding carboxylic acids is 1. The van der Waals surface area contributed by atoms with Gasteiger partial charge in [0.15, 0.2) is 6.10 Å². The molecule has 7 heteroatoms. The fourth-order valence-electron chi connectivity index (χ4n) is 2.02. The average Bonchev–Trinajstić information content (AvgIpc) is 2.47. The van der Waals surface area contributed by atoms with Gasteiger partial charge in [0.25, 0.3) is 0 Å². The Morgan fingerprint density at radius 2 is 2.35 bits per heavy atom. The van der Waals surface area contributed by atoms with E-state index in [1.165, 1.54) is 9.80 Å².